The molecule has 2 aromatic rings. The van der Waals surface area contributed by atoms with Crippen molar-refractivity contribution in [1.82, 2.24) is 4.72 Å². The zero-order valence-electron chi connectivity index (χ0n) is 11.6. The van der Waals surface area contributed by atoms with Gasteiger partial charge in [0, 0.05) is 12.1 Å². The lowest BCUT2D eigenvalue weighted by Gasteiger charge is -2.10. The van der Waals surface area contributed by atoms with E-state index in [1.807, 2.05) is 0 Å². The van der Waals surface area contributed by atoms with E-state index >= 15 is 0 Å². The summed E-state index contributed by atoms with van der Waals surface area (Å²) in [4.78, 5) is 0. The Labute approximate surface area is 136 Å². The second kappa shape index (κ2) is 6.62. The van der Waals surface area contributed by atoms with Crippen LogP contribution in [0.1, 0.15) is 29.6 Å². The summed E-state index contributed by atoms with van der Waals surface area (Å²) in [6.45, 7) is 3.74. The molecule has 0 bridgehead atoms. The first-order valence-corrected chi connectivity index (χ1v) is 9.39. The smallest absolute Gasteiger partial charge is 0.250 e. The number of aryl methyl sites for hydroxylation is 2. The van der Waals surface area contributed by atoms with Crippen LogP contribution in [-0.4, -0.2) is 20.1 Å². The molecule has 0 aliphatic carbocycles. The maximum Gasteiger partial charge on any atom is 0.250 e. The monoisotopic (exact) mass is 393 g/mol. The summed E-state index contributed by atoms with van der Waals surface area (Å²) >= 11 is 4.38. The van der Waals surface area contributed by atoms with E-state index in [4.69, 9.17) is 4.42 Å². The van der Waals surface area contributed by atoms with Crippen LogP contribution < -0.4 is 4.72 Å². The van der Waals surface area contributed by atoms with Gasteiger partial charge in [-0.05, 0) is 54.4 Å². The van der Waals surface area contributed by atoms with Gasteiger partial charge < -0.3 is 9.52 Å². The average molecular weight is 394 g/mol. The normalized spacial score (nSPS) is 13.5. The molecule has 0 aromatic carbocycles. The first-order valence-electron chi connectivity index (χ1n) is 6.29. The van der Waals surface area contributed by atoms with Gasteiger partial charge in [0.25, 0.3) is 0 Å². The molecule has 0 saturated carbocycles. The lowest BCUT2D eigenvalue weighted by Crippen LogP contribution is -2.25. The van der Waals surface area contributed by atoms with Crippen LogP contribution in [0.4, 0.5) is 0 Å². The predicted molar refractivity (Wildman–Crippen MR) is 85.0 cm³/mol. The Balaban J connectivity index is 1.93. The van der Waals surface area contributed by atoms with Crippen LogP contribution in [0.3, 0.4) is 0 Å². The highest BCUT2D eigenvalue weighted by atomic mass is 79.9. The number of nitrogens with one attached hydrogen (secondary N) is 1. The number of hydrogen-bond acceptors (Lipinski definition) is 5. The zero-order chi connectivity index (χ0) is 15.6. The van der Waals surface area contributed by atoms with Gasteiger partial charge in [-0.3, -0.25) is 0 Å². The van der Waals surface area contributed by atoms with Crippen molar-refractivity contribution in [3.8, 4) is 0 Å². The van der Waals surface area contributed by atoms with Crippen molar-refractivity contribution in [2.24, 2.45) is 0 Å². The van der Waals surface area contributed by atoms with Crippen molar-refractivity contribution in [1.29, 1.82) is 0 Å². The summed E-state index contributed by atoms with van der Waals surface area (Å²) in [5.41, 5.74) is 0.700. The van der Waals surface area contributed by atoms with Crippen LogP contribution in [0.15, 0.2) is 30.6 Å². The standard InChI is InChI=1S/C13H16BrNO4S2/c1-8-7-10(9(2)19-8)11(16)5-6-15-21(17,18)13-4-3-12(14)20-13/h3-4,7,11,15-16H,5-6H2,1-2H3/t11-/m1/s1. The van der Waals surface area contributed by atoms with Crippen LogP contribution in [-0.2, 0) is 10.0 Å². The molecule has 0 spiro atoms. The maximum atomic E-state index is 12.0. The zero-order valence-corrected chi connectivity index (χ0v) is 14.8. The summed E-state index contributed by atoms with van der Waals surface area (Å²) in [6.07, 6.45) is -0.466. The van der Waals surface area contributed by atoms with E-state index in [-0.39, 0.29) is 17.2 Å². The third-order valence-electron chi connectivity index (χ3n) is 2.96. The second-order valence-corrected chi connectivity index (χ2v) is 9.09. The summed E-state index contributed by atoms with van der Waals surface area (Å²) in [7, 11) is -3.52. The molecule has 0 fully saturated rings. The molecule has 0 amide bonds. The number of sulfonamides is 1. The third-order valence-corrected chi connectivity index (χ3v) is 6.54. The van der Waals surface area contributed by atoms with E-state index in [1.54, 1.807) is 26.0 Å². The van der Waals surface area contributed by atoms with Crippen molar-refractivity contribution in [3.63, 3.8) is 0 Å². The lowest BCUT2D eigenvalue weighted by molar-refractivity contribution is 0.167. The van der Waals surface area contributed by atoms with Crippen molar-refractivity contribution in [2.75, 3.05) is 6.54 Å². The fraction of sp³-hybridized carbons (Fsp3) is 0.385. The van der Waals surface area contributed by atoms with Crippen molar-refractivity contribution in [2.45, 2.75) is 30.6 Å². The van der Waals surface area contributed by atoms with Crippen LogP contribution in [0.25, 0.3) is 0 Å². The summed E-state index contributed by atoms with van der Waals surface area (Å²) in [5.74, 6) is 1.38. The van der Waals surface area contributed by atoms with E-state index in [2.05, 4.69) is 20.7 Å². The Kier molecular flexibility index (Phi) is 5.26. The molecule has 21 heavy (non-hydrogen) atoms. The van der Waals surface area contributed by atoms with Gasteiger partial charge in [-0.25, -0.2) is 13.1 Å². The first kappa shape index (κ1) is 16.7. The fourth-order valence-corrected chi connectivity index (χ4v) is 5.08. The summed E-state index contributed by atoms with van der Waals surface area (Å²) in [5, 5.41) is 10.1. The van der Waals surface area contributed by atoms with Gasteiger partial charge in [0.15, 0.2) is 0 Å². The van der Waals surface area contributed by atoms with E-state index in [0.29, 0.717) is 11.3 Å². The number of furan rings is 1. The van der Waals surface area contributed by atoms with E-state index in [0.717, 1.165) is 20.9 Å². The molecule has 2 aromatic heterocycles. The van der Waals surface area contributed by atoms with Crippen molar-refractivity contribution in [3.05, 3.63) is 39.1 Å². The Morgan fingerprint density at radius 2 is 2.14 bits per heavy atom. The highest BCUT2D eigenvalue weighted by Gasteiger charge is 2.18. The minimum atomic E-state index is -3.52. The van der Waals surface area contributed by atoms with Gasteiger partial charge in [0.05, 0.1) is 9.89 Å². The molecule has 0 aliphatic rings. The molecule has 8 heteroatoms. The van der Waals surface area contributed by atoms with Crippen LogP contribution in [0.5, 0.6) is 0 Å². The maximum absolute atomic E-state index is 12.0. The molecule has 0 aliphatic heterocycles. The van der Waals surface area contributed by atoms with Gasteiger partial charge in [-0.1, -0.05) is 0 Å². The summed E-state index contributed by atoms with van der Waals surface area (Å²) in [6, 6.07) is 4.99. The Morgan fingerprint density at radius 3 is 2.67 bits per heavy atom. The Bertz CT molecular complexity index is 720. The van der Waals surface area contributed by atoms with E-state index in [1.165, 1.54) is 6.07 Å². The molecule has 2 rings (SSSR count). The Hall–Kier alpha value is -0.670. The van der Waals surface area contributed by atoms with E-state index in [9.17, 15) is 13.5 Å². The number of hydrogen-bond donors (Lipinski definition) is 2. The van der Waals surface area contributed by atoms with Crippen LogP contribution >= 0.6 is 27.3 Å². The average Bonchev–Trinajstić information content (AvgIpc) is 2.95. The predicted octanol–water partition coefficient (Wildman–Crippen LogP) is 3.12. The van der Waals surface area contributed by atoms with Gasteiger partial charge in [-0.2, -0.15) is 0 Å². The number of thiophene rings is 1. The molecular formula is C13H16BrNO4S2. The SMILES string of the molecule is Cc1cc([C@H](O)CCNS(=O)(=O)c2ccc(Br)s2)c(C)o1. The molecule has 116 valence electrons. The van der Waals surface area contributed by atoms with Crippen molar-refractivity contribution >= 4 is 37.3 Å². The molecule has 1 atom stereocenters. The highest BCUT2D eigenvalue weighted by molar-refractivity contribution is 9.11. The van der Waals surface area contributed by atoms with E-state index < -0.39 is 16.1 Å². The number of aliphatic hydroxyl groups excluding tert-OH is 1. The molecule has 5 nitrogen and oxygen atoms in total. The minimum Gasteiger partial charge on any atom is -0.466 e. The Morgan fingerprint density at radius 1 is 1.43 bits per heavy atom. The van der Waals surface area contributed by atoms with Gasteiger partial charge in [0.2, 0.25) is 10.0 Å². The molecule has 0 saturated heterocycles. The number of rotatable bonds is 6. The molecule has 0 unspecified atom stereocenters. The lowest BCUT2D eigenvalue weighted by atomic mass is 10.1. The van der Waals surface area contributed by atoms with Gasteiger partial charge in [-0.15, -0.1) is 11.3 Å². The topological polar surface area (TPSA) is 79.5 Å². The second-order valence-electron chi connectivity index (χ2n) is 4.63. The summed E-state index contributed by atoms with van der Waals surface area (Å²) < 4.78 is 32.9. The van der Waals surface area contributed by atoms with Crippen LogP contribution in [0, 0.1) is 13.8 Å². The quantitative estimate of drug-likeness (QED) is 0.789. The van der Waals surface area contributed by atoms with Gasteiger partial charge >= 0.3 is 0 Å². The minimum absolute atomic E-state index is 0.155. The van der Waals surface area contributed by atoms with Crippen molar-refractivity contribution < 1.29 is 17.9 Å². The molecule has 0 radical (unpaired) electrons. The van der Waals surface area contributed by atoms with Gasteiger partial charge in [0.1, 0.15) is 15.7 Å². The molecule has 2 heterocycles. The number of halogens is 1. The number of aliphatic hydroxyl groups is 1. The first-order chi connectivity index (χ1) is 9.79. The molecule has 2 N–H and O–H groups in total. The molecular weight excluding hydrogens is 378 g/mol. The fourth-order valence-electron chi connectivity index (χ4n) is 1.98. The third kappa shape index (κ3) is 4.17. The van der Waals surface area contributed by atoms with Crippen LogP contribution in [0.2, 0.25) is 0 Å². The highest BCUT2D eigenvalue weighted by Crippen LogP contribution is 2.26. The largest absolute Gasteiger partial charge is 0.466 e.